The van der Waals surface area contributed by atoms with E-state index in [0.717, 1.165) is 10.9 Å². The Morgan fingerprint density at radius 3 is 2.65 bits per heavy atom. The third-order valence-corrected chi connectivity index (χ3v) is 3.59. The van der Waals surface area contributed by atoms with Gasteiger partial charge >= 0.3 is 6.18 Å². The van der Waals surface area contributed by atoms with E-state index in [4.69, 9.17) is 5.26 Å². The van der Waals surface area contributed by atoms with Gasteiger partial charge in [0.2, 0.25) is 5.91 Å². The van der Waals surface area contributed by atoms with E-state index in [0.29, 0.717) is 4.90 Å². The lowest BCUT2D eigenvalue weighted by molar-refractivity contribution is -0.162. The fraction of sp³-hybridized carbons (Fsp3) is 0.412. The molecule has 0 unspecified atom stereocenters. The molecule has 1 aromatic heterocycles. The summed E-state index contributed by atoms with van der Waals surface area (Å²) in [4.78, 5) is 29.6. The molecule has 26 heavy (non-hydrogen) atoms. The van der Waals surface area contributed by atoms with Crippen LogP contribution in [0.4, 0.5) is 13.2 Å². The fourth-order valence-electron chi connectivity index (χ4n) is 2.56. The molecule has 0 aliphatic carbocycles. The molecule has 0 radical (unpaired) electrons. The molecule has 1 heterocycles. The van der Waals surface area contributed by atoms with Crippen molar-refractivity contribution in [1.29, 1.82) is 5.26 Å². The maximum atomic E-state index is 12.7. The Hall–Kier alpha value is -2.89. The number of rotatable bonds is 5. The van der Waals surface area contributed by atoms with Crippen LogP contribution in [0.1, 0.15) is 19.4 Å². The van der Waals surface area contributed by atoms with E-state index < -0.39 is 30.7 Å². The first kappa shape index (κ1) is 19.4. The second kappa shape index (κ2) is 7.56. The molecule has 0 aliphatic rings. The number of carbonyl (C=O) groups is 1. The van der Waals surface area contributed by atoms with Crippen molar-refractivity contribution < 1.29 is 18.0 Å². The molecular formula is C17H17F3N4O2. The van der Waals surface area contributed by atoms with Crippen molar-refractivity contribution in [2.45, 2.75) is 26.6 Å². The van der Waals surface area contributed by atoms with Crippen molar-refractivity contribution in [2.24, 2.45) is 5.92 Å². The molecule has 0 saturated carbocycles. The summed E-state index contributed by atoms with van der Waals surface area (Å²) in [7, 11) is 0. The van der Waals surface area contributed by atoms with Crippen LogP contribution in [0.25, 0.3) is 10.9 Å². The van der Waals surface area contributed by atoms with E-state index in [2.05, 4.69) is 4.98 Å². The van der Waals surface area contributed by atoms with Crippen LogP contribution in [0.2, 0.25) is 0 Å². The maximum Gasteiger partial charge on any atom is 0.406 e. The van der Waals surface area contributed by atoms with Gasteiger partial charge in [-0.15, -0.1) is 0 Å². The molecule has 6 nitrogen and oxygen atoms in total. The highest BCUT2D eigenvalue weighted by Gasteiger charge is 2.33. The zero-order chi connectivity index (χ0) is 19.5. The fourth-order valence-corrected chi connectivity index (χ4v) is 2.56. The van der Waals surface area contributed by atoms with Gasteiger partial charge in [0, 0.05) is 6.54 Å². The number of amides is 1. The number of nitrogens with zero attached hydrogens (tertiary/aromatic N) is 4. The van der Waals surface area contributed by atoms with Crippen LogP contribution >= 0.6 is 0 Å². The largest absolute Gasteiger partial charge is 0.406 e. The van der Waals surface area contributed by atoms with Crippen LogP contribution < -0.4 is 5.56 Å². The Bertz CT molecular complexity index is 913. The lowest BCUT2D eigenvalue weighted by atomic mass is 10.1. The minimum absolute atomic E-state index is 0.0385. The molecule has 2 aromatic rings. The minimum Gasteiger partial charge on any atom is -0.332 e. The maximum absolute atomic E-state index is 12.7. The first-order valence-corrected chi connectivity index (χ1v) is 7.85. The molecular weight excluding hydrogens is 349 g/mol. The van der Waals surface area contributed by atoms with E-state index in [-0.39, 0.29) is 28.9 Å². The molecule has 0 fully saturated rings. The minimum atomic E-state index is -4.54. The van der Waals surface area contributed by atoms with Gasteiger partial charge in [-0.25, -0.2) is 4.98 Å². The van der Waals surface area contributed by atoms with Crippen molar-refractivity contribution in [3.63, 3.8) is 0 Å². The highest BCUT2D eigenvalue weighted by atomic mass is 19.4. The highest BCUT2D eigenvalue weighted by molar-refractivity contribution is 5.84. The third kappa shape index (κ3) is 4.59. The topological polar surface area (TPSA) is 79.0 Å². The van der Waals surface area contributed by atoms with Gasteiger partial charge in [0.25, 0.3) is 5.56 Å². The molecule has 0 atom stereocenters. The lowest BCUT2D eigenvalue weighted by Crippen LogP contribution is -2.43. The summed E-state index contributed by atoms with van der Waals surface area (Å²) in [5.41, 5.74) is -0.264. The van der Waals surface area contributed by atoms with E-state index in [1.165, 1.54) is 6.07 Å². The van der Waals surface area contributed by atoms with Gasteiger partial charge in [-0.3, -0.25) is 14.2 Å². The number of alkyl halides is 3. The van der Waals surface area contributed by atoms with Crippen LogP contribution in [0, 0.1) is 17.2 Å². The smallest absolute Gasteiger partial charge is 0.332 e. The van der Waals surface area contributed by atoms with Crippen molar-refractivity contribution in [3.05, 3.63) is 40.4 Å². The molecule has 1 aromatic carbocycles. The van der Waals surface area contributed by atoms with Crippen LogP contribution in [0.5, 0.6) is 0 Å². The van der Waals surface area contributed by atoms with Crippen LogP contribution in [0.15, 0.2) is 29.3 Å². The highest BCUT2D eigenvalue weighted by Crippen LogP contribution is 2.18. The van der Waals surface area contributed by atoms with Crippen LogP contribution in [-0.2, 0) is 11.3 Å². The van der Waals surface area contributed by atoms with Crippen LogP contribution in [0.3, 0.4) is 0 Å². The Morgan fingerprint density at radius 2 is 2.08 bits per heavy atom. The van der Waals surface area contributed by atoms with Gasteiger partial charge in [-0.1, -0.05) is 19.9 Å². The van der Waals surface area contributed by atoms with E-state index >= 15 is 0 Å². The SMILES string of the molecule is CC(C)CN(CC(F)(F)F)C(=O)Cn1cnc2cccc(C#N)c2c1=O. The number of hydrogen-bond donors (Lipinski definition) is 0. The predicted molar refractivity (Wildman–Crippen MR) is 88.2 cm³/mol. The molecule has 0 aliphatic heterocycles. The Morgan fingerprint density at radius 1 is 1.38 bits per heavy atom. The molecule has 0 spiro atoms. The predicted octanol–water partition coefficient (Wildman–Crippen LogP) is 2.32. The summed E-state index contributed by atoms with van der Waals surface area (Å²) in [6.45, 7) is 1.34. The summed E-state index contributed by atoms with van der Waals surface area (Å²) in [5.74, 6) is -1.01. The average molecular weight is 366 g/mol. The van der Waals surface area contributed by atoms with Gasteiger partial charge in [-0.2, -0.15) is 18.4 Å². The summed E-state index contributed by atoms with van der Waals surface area (Å²) >= 11 is 0. The third-order valence-electron chi connectivity index (χ3n) is 3.59. The molecule has 0 saturated heterocycles. The second-order valence-electron chi connectivity index (χ2n) is 6.27. The van der Waals surface area contributed by atoms with Crippen LogP contribution in [-0.4, -0.2) is 39.6 Å². The number of benzene rings is 1. The Labute approximate surface area is 147 Å². The number of hydrogen-bond acceptors (Lipinski definition) is 4. The van der Waals surface area contributed by atoms with E-state index in [9.17, 15) is 22.8 Å². The molecule has 9 heteroatoms. The quantitative estimate of drug-likeness (QED) is 0.813. The normalized spacial score (nSPS) is 11.6. The average Bonchev–Trinajstić information content (AvgIpc) is 2.54. The first-order valence-electron chi connectivity index (χ1n) is 7.85. The number of fused-ring (bicyclic) bond motifs is 1. The second-order valence-corrected chi connectivity index (χ2v) is 6.27. The van der Waals surface area contributed by atoms with E-state index in [1.54, 1.807) is 26.0 Å². The van der Waals surface area contributed by atoms with Crippen molar-refractivity contribution in [3.8, 4) is 6.07 Å². The van der Waals surface area contributed by atoms with Crippen molar-refractivity contribution in [2.75, 3.05) is 13.1 Å². The van der Waals surface area contributed by atoms with E-state index in [1.807, 2.05) is 6.07 Å². The molecule has 2 rings (SSSR count). The first-order chi connectivity index (χ1) is 12.1. The molecule has 0 bridgehead atoms. The molecule has 0 N–H and O–H groups in total. The van der Waals surface area contributed by atoms with Gasteiger partial charge in [-0.05, 0) is 18.1 Å². The van der Waals surface area contributed by atoms with Crippen molar-refractivity contribution >= 4 is 16.8 Å². The van der Waals surface area contributed by atoms with Gasteiger partial charge in [0.15, 0.2) is 0 Å². The standard InChI is InChI=1S/C17H17F3N4O2/c1-11(2)7-23(9-17(18,19)20)14(25)8-24-10-22-13-5-3-4-12(6-21)15(13)16(24)26/h3-5,10-11H,7-9H2,1-2H3. The summed E-state index contributed by atoms with van der Waals surface area (Å²) in [6.07, 6.45) is -3.43. The zero-order valence-corrected chi connectivity index (χ0v) is 14.2. The van der Waals surface area contributed by atoms with Gasteiger partial charge in [0.1, 0.15) is 19.2 Å². The number of halogens is 3. The van der Waals surface area contributed by atoms with Gasteiger partial charge < -0.3 is 4.90 Å². The zero-order valence-electron chi connectivity index (χ0n) is 14.2. The lowest BCUT2D eigenvalue weighted by Gasteiger charge is -2.26. The Kier molecular flexibility index (Phi) is 5.65. The molecule has 1 amide bonds. The Balaban J connectivity index is 2.37. The number of carbonyl (C=O) groups excluding carboxylic acids is 1. The number of nitriles is 1. The summed E-state index contributed by atoms with van der Waals surface area (Å²) in [5, 5.41) is 9.16. The van der Waals surface area contributed by atoms with Gasteiger partial charge in [0.05, 0.1) is 22.8 Å². The summed E-state index contributed by atoms with van der Waals surface area (Å²) < 4.78 is 39.1. The monoisotopic (exact) mass is 366 g/mol. The number of aromatic nitrogens is 2. The van der Waals surface area contributed by atoms with Crippen molar-refractivity contribution in [1.82, 2.24) is 14.5 Å². The molecule has 138 valence electrons. The summed E-state index contributed by atoms with van der Waals surface area (Å²) in [6, 6.07) is 6.42.